The second kappa shape index (κ2) is 12.7. The van der Waals surface area contributed by atoms with Crippen LogP contribution in [0, 0.1) is 11.3 Å². The van der Waals surface area contributed by atoms with E-state index in [4.69, 9.17) is 5.41 Å². The van der Waals surface area contributed by atoms with Gasteiger partial charge in [0.2, 0.25) is 5.91 Å². The van der Waals surface area contributed by atoms with Crippen LogP contribution < -0.4 is 21.3 Å². The molecule has 0 saturated carbocycles. The van der Waals surface area contributed by atoms with Crippen molar-refractivity contribution in [3.63, 3.8) is 0 Å². The third kappa shape index (κ3) is 9.39. The number of aromatic nitrogens is 1. The van der Waals surface area contributed by atoms with E-state index in [0.717, 1.165) is 0 Å². The second-order valence-corrected chi connectivity index (χ2v) is 7.12. The lowest BCUT2D eigenvalue weighted by atomic mass is 9.75. The number of hydrogen-bond acceptors (Lipinski definition) is 6. The van der Waals surface area contributed by atoms with Gasteiger partial charge in [0.1, 0.15) is 6.04 Å². The van der Waals surface area contributed by atoms with Gasteiger partial charge in [0.25, 0.3) is 5.91 Å². The summed E-state index contributed by atoms with van der Waals surface area (Å²) in [6, 6.07) is 2.34. The Morgan fingerprint density at radius 1 is 1.28 bits per heavy atom. The van der Waals surface area contributed by atoms with E-state index >= 15 is 0 Å². The van der Waals surface area contributed by atoms with Crippen LogP contribution in [0.1, 0.15) is 43.5 Å². The molecule has 1 aromatic rings. The van der Waals surface area contributed by atoms with E-state index in [0.29, 0.717) is 31.4 Å². The monoisotopic (exact) mass is 406 g/mol. The van der Waals surface area contributed by atoms with Crippen molar-refractivity contribution in [3.05, 3.63) is 30.1 Å². The molecule has 11 heteroatoms. The summed E-state index contributed by atoms with van der Waals surface area (Å²) in [6.45, 7) is 4.25. The molecule has 1 rings (SSSR count). The van der Waals surface area contributed by atoms with E-state index in [1.165, 1.54) is 6.20 Å². The van der Waals surface area contributed by atoms with Crippen LogP contribution in [0.15, 0.2) is 24.5 Å². The van der Waals surface area contributed by atoms with Crippen LogP contribution in [0.3, 0.4) is 0 Å². The molecule has 1 heterocycles. The zero-order valence-corrected chi connectivity index (χ0v) is 17.1. The third-order valence-electron chi connectivity index (χ3n) is 4.18. The Kier molecular flexibility index (Phi) is 10.7. The number of guanidine groups is 1. The van der Waals surface area contributed by atoms with E-state index < -0.39 is 30.9 Å². The minimum absolute atomic E-state index is 0.141. The molecule has 0 bridgehead atoms. The van der Waals surface area contributed by atoms with Crippen molar-refractivity contribution in [2.45, 2.75) is 45.1 Å². The summed E-state index contributed by atoms with van der Waals surface area (Å²) < 4.78 is 0. The first-order valence-electron chi connectivity index (χ1n) is 9.62. The quantitative estimate of drug-likeness (QED) is 0.110. The molecule has 2 amide bonds. The van der Waals surface area contributed by atoms with Crippen LogP contribution in [0.5, 0.6) is 0 Å². The van der Waals surface area contributed by atoms with Crippen molar-refractivity contribution in [3.8, 4) is 0 Å². The molecule has 0 aromatic carbocycles. The van der Waals surface area contributed by atoms with Crippen molar-refractivity contribution < 1.29 is 19.6 Å². The minimum atomic E-state index is -1.70. The smallest absolute Gasteiger partial charge is 0.426 e. The maximum absolute atomic E-state index is 12.8. The van der Waals surface area contributed by atoms with Crippen LogP contribution in [-0.2, 0) is 4.79 Å². The summed E-state index contributed by atoms with van der Waals surface area (Å²) in [5.74, 6) is -1.48. The molecule has 160 valence electrons. The minimum Gasteiger partial charge on any atom is -0.426 e. The van der Waals surface area contributed by atoms with E-state index in [-0.39, 0.29) is 11.9 Å². The van der Waals surface area contributed by atoms with Crippen molar-refractivity contribution >= 4 is 24.9 Å². The number of nitrogens with zero attached hydrogens (tertiary/aromatic N) is 1. The predicted octanol–water partition coefficient (Wildman–Crippen LogP) is -0.753. The molecular formula is C18H31BN6O4. The molecule has 0 unspecified atom stereocenters. The SMILES string of the molecule is CNC(=N)NCCC[C@H](NC(=O)c1cccnc1)C(=O)N[C@@H](CC(C)C)B(O)O. The number of hydrogen-bond donors (Lipinski definition) is 7. The molecule has 1 aromatic heterocycles. The van der Waals surface area contributed by atoms with Crippen molar-refractivity contribution in [2.24, 2.45) is 5.92 Å². The fourth-order valence-electron chi connectivity index (χ4n) is 2.66. The molecule has 7 N–H and O–H groups in total. The largest absolute Gasteiger partial charge is 0.475 e. The van der Waals surface area contributed by atoms with Gasteiger partial charge < -0.3 is 31.3 Å². The third-order valence-corrected chi connectivity index (χ3v) is 4.18. The van der Waals surface area contributed by atoms with Gasteiger partial charge in [-0.05, 0) is 37.3 Å². The topological polar surface area (TPSA) is 159 Å². The number of carbonyl (C=O) groups is 2. The second-order valence-electron chi connectivity index (χ2n) is 7.12. The number of pyridine rings is 1. The zero-order valence-electron chi connectivity index (χ0n) is 17.1. The van der Waals surface area contributed by atoms with Gasteiger partial charge in [0.05, 0.1) is 11.5 Å². The first-order valence-corrected chi connectivity index (χ1v) is 9.62. The number of carbonyl (C=O) groups excluding carboxylic acids is 2. The Morgan fingerprint density at radius 2 is 2.00 bits per heavy atom. The van der Waals surface area contributed by atoms with E-state index in [1.807, 2.05) is 13.8 Å². The summed E-state index contributed by atoms with van der Waals surface area (Å²) in [5, 5.41) is 37.4. The Labute approximate surface area is 171 Å². The molecule has 0 aliphatic heterocycles. The molecule has 0 spiro atoms. The molecule has 2 atom stereocenters. The van der Waals surface area contributed by atoms with Crippen LogP contribution in [0.25, 0.3) is 0 Å². The number of amides is 2. The highest BCUT2D eigenvalue weighted by Crippen LogP contribution is 2.08. The molecule has 0 fully saturated rings. The van der Waals surface area contributed by atoms with E-state index in [2.05, 4.69) is 26.3 Å². The highest BCUT2D eigenvalue weighted by molar-refractivity contribution is 6.43. The Bertz CT molecular complexity index is 659. The van der Waals surface area contributed by atoms with Crippen LogP contribution in [0.4, 0.5) is 0 Å². The molecule has 29 heavy (non-hydrogen) atoms. The van der Waals surface area contributed by atoms with Gasteiger partial charge in [-0.3, -0.25) is 20.0 Å². The molecule has 0 aliphatic carbocycles. The van der Waals surface area contributed by atoms with Gasteiger partial charge in [-0.15, -0.1) is 0 Å². The fourth-order valence-corrected chi connectivity index (χ4v) is 2.66. The standard InChI is InChI=1S/C18H31BN6O4/c1-12(2)10-15(19(28)29)25-17(27)14(7-5-9-23-18(20)21-3)24-16(26)13-6-4-8-22-11-13/h4,6,8,11-12,14-15,28-29H,5,7,9-10H2,1-3H3,(H,24,26)(H,25,27)(H3,20,21,23)/t14-,15-/m0/s1. The van der Waals surface area contributed by atoms with Gasteiger partial charge >= 0.3 is 7.12 Å². The number of nitrogens with one attached hydrogen (secondary N) is 5. The highest BCUT2D eigenvalue weighted by Gasteiger charge is 2.29. The van der Waals surface area contributed by atoms with Crippen LogP contribution >= 0.6 is 0 Å². The summed E-state index contributed by atoms with van der Waals surface area (Å²) in [4.78, 5) is 29.1. The molecule has 0 aliphatic rings. The van der Waals surface area contributed by atoms with E-state index in [9.17, 15) is 19.6 Å². The predicted molar refractivity (Wildman–Crippen MR) is 111 cm³/mol. The molecule has 0 saturated heterocycles. The lowest BCUT2D eigenvalue weighted by molar-refractivity contribution is -0.123. The average Bonchev–Trinajstić information content (AvgIpc) is 2.69. The highest BCUT2D eigenvalue weighted by atomic mass is 16.4. The Hall–Kier alpha value is -2.66. The fraction of sp³-hybridized carbons (Fsp3) is 0.556. The van der Waals surface area contributed by atoms with Gasteiger partial charge in [0, 0.05) is 26.0 Å². The summed E-state index contributed by atoms with van der Waals surface area (Å²) >= 11 is 0. The lowest BCUT2D eigenvalue weighted by Crippen LogP contribution is -2.54. The normalized spacial score (nSPS) is 12.6. The van der Waals surface area contributed by atoms with Gasteiger partial charge in [-0.1, -0.05) is 13.8 Å². The average molecular weight is 406 g/mol. The van der Waals surface area contributed by atoms with Crippen molar-refractivity contribution in [2.75, 3.05) is 13.6 Å². The van der Waals surface area contributed by atoms with Gasteiger partial charge in [-0.25, -0.2) is 0 Å². The Morgan fingerprint density at radius 3 is 2.55 bits per heavy atom. The van der Waals surface area contributed by atoms with Crippen molar-refractivity contribution in [1.29, 1.82) is 5.41 Å². The Balaban J connectivity index is 2.80. The van der Waals surface area contributed by atoms with E-state index in [1.54, 1.807) is 25.4 Å². The molecule has 0 radical (unpaired) electrons. The zero-order chi connectivity index (χ0) is 21.8. The van der Waals surface area contributed by atoms with Gasteiger partial charge in [-0.2, -0.15) is 0 Å². The lowest BCUT2D eigenvalue weighted by Gasteiger charge is -2.24. The summed E-state index contributed by atoms with van der Waals surface area (Å²) in [6.07, 6.45) is 4.14. The van der Waals surface area contributed by atoms with Crippen LogP contribution in [-0.4, -0.2) is 65.5 Å². The summed E-state index contributed by atoms with van der Waals surface area (Å²) in [7, 11) is -0.0804. The molecular weight excluding hydrogens is 375 g/mol. The van der Waals surface area contributed by atoms with Crippen molar-refractivity contribution in [1.82, 2.24) is 26.3 Å². The maximum Gasteiger partial charge on any atom is 0.475 e. The molecule has 10 nitrogen and oxygen atoms in total. The maximum atomic E-state index is 12.8. The summed E-state index contributed by atoms with van der Waals surface area (Å²) in [5.41, 5.74) is 0.321. The van der Waals surface area contributed by atoms with Crippen LogP contribution in [0.2, 0.25) is 0 Å². The first kappa shape index (κ1) is 24.4. The number of rotatable bonds is 11. The van der Waals surface area contributed by atoms with Gasteiger partial charge in [0.15, 0.2) is 5.96 Å². The first-order chi connectivity index (χ1) is 13.7.